The highest BCUT2D eigenvalue weighted by Crippen LogP contribution is 2.60. The molecule has 3 bridgehead atoms. The minimum atomic E-state index is -1.70. The zero-order valence-electron chi connectivity index (χ0n) is 16.5. The van der Waals surface area contributed by atoms with Crippen LogP contribution in [-0.4, -0.2) is 47.9 Å². The van der Waals surface area contributed by atoms with E-state index in [0.29, 0.717) is 17.7 Å². The minimum absolute atomic E-state index is 0.177. The Morgan fingerprint density at radius 1 is 1.34 bits per heavy atom. The molecule has 4 aliphatic rings. The van der Waals surface area contributed by atoms with Crippen LogP contribution in [-0.2, 0) is 35.0 Å². The molecular formula is C21H22N2O6. The van der Waals surface area contributed by atoms with Gasteiger partial charge >= 0.3 is 11.9 Å². The first-order valence-corrected chi connectivity index (χ1v) is 9.76. The molecule has 1 spiro atoms. The lowest BCUT2D eigenvalue weighted by Gasteiger charge is -2.48. The SMILES string of the molecule is CCOC(=O)C1=C(C)N[C@]23O[C@]4(C(=O)OC)C[C@H]2Cc2ccccc2[C@H]1N3C4=O. The standard InChI is InChI=1S/C21H22N2O6/c1-4-28-17(24)15-11(2)22-21-13-9-12-7-5-6-8-14(12)16(15)23(21)18(25)20(10-13,29-21)19(26)27-3/h5-8,13,16,22H,4,9-10H2,1-3H3/t13-,16-,20-,21-/m1/s1. The van der Waals surface area contributed by atoms with Crippen molar-refractivity contribution in [2.24, 2.45) is 5.92 Å². The van der Waals surface area contributed by atoms with Crippen molar-refractivity contribution in [1.82, 2.24) is 10.2 Å². The number of fused-ring (bicyclic) bond motifs is 3. The predicted octanol–water partition coefficient (Wildman–Crippen LogP) is 1.17. The van der Waals surface area contributed by atoms with Crippen LogP contribution in [0.25, 0.3) is 0 Å². The van der Waals surface area contributed by atoms with Crippen LogP contribution < -0.4 is 5.32 Å². The second kappa shape index (κ2) is 5.82. The highest BCUT2D eigenvalue weighted by molar-refractivity contribution is 6.10. The normalized spacial score (nSPS) is 33.8. The number of nitrogens with zero attached hydrogens (tertiary/aromatic N) is 1. The van der Waals surface area contributed by atoms with Gasteiger partial charge in [-0.15, -0.1) is 0 Å². The molecule has 2 saturated heterocycles. The monoisotopic (exact) mass is 398 g/mol. The average Bonchev–Trinajstić information content (AvgIpc) is 3.13. The van der Waals surface area contributed by atoms with Gasteiger partial charge in [-0.1, -0.05) is 24.3 Å². The van der Waals surface area contributed by atoms with Crippen molar-refractivity contribution in [3.8, 4) is 0 Å². The molecule has 0 aromatic heterocycles. The molecule has 1 amide bonds. The van der Waals surface area contributed by atoms with Crippen LogP contribution >= 0.6 is 0 Å². The summed E-state index contributed by atoms with van der Waals surface area (Å²) in [5, 5.41) is 3.27. The highest BCUT2D eigenvalue weighted by Gasteiger charge is 2.78. The summed E-state index contributed by atoms with van der Waals surface area (Å²) < 4.78 is 16.5. The molecule has 8 nitrogen and oxygen atoms in total. The van der Waals surface area contributed by atoms with E-state index in [4.69, 9.17) is 14.2 Å². The van der Waals surface area contributed by atoms with Crippen molar-refractivity contribution in [2.45, 2.75) is 44.2 Å². The topological polar surface area (TPSA) is 94.2 Å². The summed E-state index contributed by atoms with van der Waals surface area (Å²) >= 11 is 0. The molecule has 1 aromatic rings. The van der Waals surface area contributed by atoms with E-state index in [2.05, 4.69) is 5.32 Å². The van der Waals surface area contributed by atoms with Crippen LogP contribution in [0.1, 0.15) is 37.4 Å². The Morgan fingerprint density at radius 2 is 2.10 bits per heavy atom. The number of ether oxygens (including phenoxy) is 3. The lowest BCUT2D eigenvalue weighted by Crippen LogP contribution is -2.66. The molecule has 8 heteroatoms. The van der Waals surface area contributed by atoms with E-state index in [9.17, 15) is 14.4 Å². The number of esters is 2. The van der Waals surface area contributed by atoms with Crippen molar-refractivity contribution in [3.05, 3.63) is 46.7 Å². The maximum atomic E-state index is 13.6. The zero-order valence-corrected chi connectivity index (χ0v) is 16.5. The first-order chi connectivity index (χ1) is 13.9. The number of nitrogens with one attached hydrogen (secondary N) is 1. The molecule has 152 valence electrons. The summed E-state index contributed by atoms with van der Waals surface area (Å²) in [6.45, 7) is 3.73. The van der Waals surface area contributed by atoms with E-state index >= 15 is 0 Å². The maximum Gasteiger partial charge on any atom is 0.348 e. The number of benzene rings is 1. The number of rotatable bonds is 3. The van der Waals surface area contributed by atoms with E-state index in [1.807, 2.05) is 24.3 Å². The largest absolute Gasteiger partial charge is 0.466 e. The molecule has 4 aliphatic heterocycles. The number of amides is 1. The van der Waals surface area contributed by atoms with Gasteiger partial charge in [0.2, 0.25) is 11.4 Å². The lowest BCUT2D eigenvalue weighted by atomic mass is 9.82. The molecule has 2 fully saturated rings. The molecular weight excluding hydrogens is 376 g/mol. The third-order valence-electron chi connectivity index (χ3n) is 6.47. The van der Waals surface area contributed by atoms with Crippen LogP contribution in [0, 0.1) is 5.92 Å². The number of allylic oxidation sites excluding steroid dienone is 1. The van der Waals surface area contributed by atoms with Gasteiger partial charge in [-0.3, -0.25) is 9.69 Å². The number of hydrogen-bond acceptors (Lipinski definition) is 7. The quantitative estimate of drug-likeness (QED) is 0.603. The molecule has 29 heavy (non-hydrogen) atoms. The molecule has 0 unspecified atom stereocenters. The Labute approximate surface area is 167 Å². The Balaban J connectivity index is 1.77. The first-order valence-electron chi connectivity index (χ1n) is 9.76. The van der Waals surface area contributed by atoms with Crippen molar-refractivity contribution in [3.63, 3.8) is 0 Å². The molecule has 0 saturated carbocycles. The van der Waals surface area contributed by atoms with Crippen LogP contribution in [0.3, 0.4) is 0 Å². The van der Waals surface area contributed by atoms with Gasteiger partial charge < -0.3 is 19.5 Å². The molecule has 4 atom stereocenters. The molecule has 0 radical (unpaired) electrons. The third-order valence-corrected chi connectivity index (χ3v) is 6.47. The van der Waals surface area contributed by atoms with E-state index in [-0.39, 0.29) is 18.9 Å². The molecule has 1 aromatic carbocycles. The summed E-state index contributed by atoms with van der Waals surface area (Å²) in [6, 6.07) is 7.03. The maximum absolute atomic E-state index is 13.6. The summed E-state index contributed by atoms with van der Waals surface area (Å²) in [5.41, 5.74) is 1.11. The van der Waals surface area contributed by atoms with Gasteiger partial charge in [-0.25, -0.2) is 9.59 Å². The summed E-state index contributed by atoms with van der Waals surface area (Å²) in [5.74, 6) is -3.06. The van der Waals surface area contributed by atoms with Gasteiger partial charge in [0.05, 0.1) is 25.3 Å². The van der Waals surface area contributed by atoms with Crippen LogP contribution in [0.2, 0.25) is 0 Å². The third kappa shape index (κ3) is 2.04. The van der Waals surface area contributed by atoms with Crippen LogP contribution in [0.15, 0.2) is 35.5 Å². The van der Waals surface area contributed by atoms with Gasteiger partial charge in [0.25, 0.3) is 5.91 Å². The smallest absolute Gasteiger partial charge is 0.348 e. The zero-order chi connectivity index (χ0) is 20.6. The fourth-order valence-electron chi connectivity index (χ4n) is 5.37. The van der Waals surface area contributed by atoms with E-state index < -0.39 is 35.3 Å². The van der Waals surface area contributed by atoms with Crippen molar-refractivity contribution < 1.29 is 28.6 Å². The van der Waals surface area contributed by atoms with Gasteiger partial charge in [-0.05, 0) is 31.4 Å². The van der Waals surface area contributed by atoms with Crippen molar-refractivity contribution >= 4 is 17.8 Å². The van der Waals surface area contributed by atoms with Crippen LogP contribution in [0.5, 0.6) is 0 Å². The number of methoxy groups -OCH3 is 1. The molecule has 5 rings (SSSR count). The number of carbonyl (C=O) groups is 3. The molecule has 0 aliphatic carbocycles. The van der Waals surface area contributed by atoms with E-state index in [1.165, 1.54) is 12.0 Å². The van der Waals surface area contributed by atoms with Crippen molar-refractivity contribution in [2.75, 3.05) is 13.7 Å². The molecule has 4 heterocycles. The first kappa shape index (κ1) is 18.2. The Morgan fingerprint density at radius 3 is 2.83 bits per heavy atom. The fourth-order valence-corrected chi connectivity index (χ4v) is 5.37. The van der Waals surface area contributed by atoms with E-state index in [0.717, 1.165) is 11.1 Å². The number of carbonyl (C=O) groups excluding carboxylic acids is 3. The summed E-state index contributed by atoms with van der Waals surface area (Å²) in [4.78, 5) is 40.7. The predicted molar refractivity (Wildman–Crippen MR) is 98.9 cm³/mol. The summed E-state index contributed by atoms with van der Waals surface area (Å²) in [7, 11) is 1.25. The van der Waals surface area contributed by atoms with Gasteiger partial charge in [0, 0.05) is 18.0 Å². The average molecular weight is 398 g/mol. The van der Waals surface area contributed by atoms with E-state index in [1.54, 1.807) is 13.8 Å². The van der Waals surface area contributed by atoms with Gasteiger partial charge in [-0.2, -0.15) is 0 Å². The van der Waals surface area contributed by atoms with Gasteiger partial charge in [0.1, 0.15) is 0 Å². The van der Waals surface area contributed by atoms with Crippen LogP contribution in [0.4, 0.5) is 0 Å². The second-order valence-corrected chi connectivity index (χ2v) is 7.88. The van der Waals surface area contributed by atoms with Gasteiger partial charge in [0.15, 0.2) is 0 Å². The van der Waals surface area contributed by atoms with Crippen molar-refractivity contribution in [1.29, 1.82) is 0 Å². The number of hydrogen-bond donors (Lipinski definition) is 1. The fraction of sp³-hybridized carbons (Fsp3) is 0.476. The lowest BCUT2D eigenvalue weighted by molar-refractivity contribution is -0.175. The summed E-state index contributed by atoms with van der Waals surface area (Å²) in [6.07, 6.45) is 0.830. The minimum Gasteiger partial charge on any atom is -0.466 e. The highest BCUT2D eigenvalue weighted by atomic mass is 16.6. The number of piperidine rings is 1. The Bertz CT molecular complexity index is 987. The Kier molecular flexibility index (Phi) is 3.65. The molecule has 1 N–H and O–H groups in total. The Hall–Kier alpha value is -2.87. The second-order valence-electron chi connectivity index (χ2n) is 7.88.